The lowest BCUT2D eigenvalue weighted by atomic mass is 9.84. The summed E-state index contributed by atoms with van der Waals surface area (Å²) in [4.78, 5) is 28.1. The number of nitrogens with zero attached hydrogens (tertiary/aromatic N) is 4. The highest BCUT2D eigenvalue weighted by atomic mass is 16.2. The smallest absolute Gasteiger partial charge is 0.274 e. The van der Waals surface area contributed by atoms with Gasteiger partial charge in [0.2, 0.25) is 0 Å². The lowest BCUT2D eigenvalue weighted by molar-refractivity contribution is 0.0688. The lowest BCUT2D eigenvalue weighted by Gasteiger charge is -2.47. The number of hydrogen-bond donors (Lipinski definition) is 2. The molecule has 2 aromatic rings. The van der Waals surface area contributed by atoms with Gasteiger partial charge in [0.15, 0.2) is 0 Å². The molecule has 7 nitrogen and oxygen atoms in total. The van der Waals surface area contributed by atoms with Gasteiger partial charge in [0.25, 0.3) is 5.91 Å². The number of fused-ring (bicyclic) bond motifs is 1. The minimum absolute atomic E-state index is 0.0945. The van der Waals surface area contributed by atoms with Gasteiger partial charge >= 0.3 is 0 Å². The number of benzene rings is 1. The van der Waals surface area contributed by atoms with E-state index >= 15 is 0 Å². The number of aromatic nitrogens is 2. The molecule has 2 aliphatic rings. The first-order valence-corrected chi connectivity index (χ1v) is 9.66. The molecule has 1 saturated heterocycles. The van der Waals surface area contributed by atoms with Crippen molar-refractivity contribution in [2.75, 3.05) is 23.7 Å². The summed E-state index contributed by atoms with van der Waals surface area (Å²) < 4.78 is 0. The lowest BCUT2D eigenvalue weighted by Crippen LogP contribution is -2.63. The Morgan fingerprint density at radius 2 is 2.00 bits per heavy atom. The van der Waals surface area contributed by atoms with Gasteiger partial charge in [0.1, 0.15) is 17.1 Å². The molecular formula is C21H26N6O. The van der Waals surface area contributed by atoms with Crippen LogP contribution in [0.2, 0.25) is 0 Å². The number of amidine groups is 1. The van der Waals surface area contributed by atoms with E-state index in [0.29, 0.717) is 18.8 Å². The minimum Gasteiger partial charge on any atom is -0.370 e. The van der Waals surface area contributed by atoms with Crippen molar-refractivity contribution in [3.63, 3.8) is 0 Å². The van der Waals surface area contributed by atoms with Crippen molar-refractivity contribution in [2.24, 2.45) is 4.99 Å². The Morgan fingerprint density at radius 1 is 1.21 bits per heavy atom. The Balaban J connectivity index is 1.70. The third-order valence-electron chi connectivity index (χ3n) is 5.02. The molecule has 0 unspecified atom stereocenters. The van der Waals surface area contributed by atoms with E-state index < -0.39 is 5.54 Å². The van der Waals surface area contributed by atoms with Crippen LogP contribution < -0.4 is 10.6 Å². The molecule has 7 heteroatoms. The van der Waals surface area contributed by atoms with Gasteiger partial charge < -0.3 is 15.5 Å². The fraction of sp³-hybridized carbons (Fsp3) is 0.429. The molecule has 1 atom stereocenters. The van der Waals surface area contributed by atoms with Crippen LogP contribution in [0.5, 0.6) is 0 Å². The molecule has 1 amide bonds. The van der Waals surface area contributed by atoms with Crippen LogP contribution in [0.15, 0.2) is 47.8 Å². The number of likely N-dealkylation sites (tertiary alicyclic amines) is 1. The fourth-order valence-electron chi connectivity index (χ4n) is 3.83. The van der Waals surface area contributed by atoms with Crippen LogP contribution in [0.1, 0.15) is 44.1 Å². The average Bonchev–Trinajstić information content (AvgIpc) is 2.68. The molecule has 1 spiro atoms. The van der Waals surface area contributed by atoms with Crippen LogP contribution in [0.25, 0.3) is 0 Å². The normalized spacial score (nSPS) is 23.1. The molecule has 0 aliphatic carbocycles. The van der Waals surface area contributed by atoms with E-state index in [0.717, 1.165) is 30.1 Å². The topological polar surface area (TPSA) is 82.5 Å². The summed E-state index contributed by atoms with van der Waals surface area (Å²) in [6.07, 6.45) is 6.43. The average molecular weight is 378 g/mol. The molecule has 2 aliphatic heterocycles. The maximum absolute atomic E-state index is 13.0. The Morgan fingerprint density at radius 3 is 2.71 bits per heavy atom. The summed E-state index contributed by atoms with van der Waals surface area (Å²) in [7, 11) is 0. The third kappa shape index (κ3) is 3.56. The Kier molecular flexibility index (Phi) is 4.53. The first-order valence-electron chi connectivity index (χ1n) is 9.66. The number of carbonyl (C=O) groups excluding carboxylic acids is 1. The van der Waals surface area contributed by atoms with Crippen molar-refractivity contribution in [1.29, 1.82) is 0 Å². The Labute approximate surface area is 165 Å². The van der Waals surface area contributed by atoms with Gasteiger partial charge in [0.05, 0.1) is 29.7 Å². The zero-order valence-corrected chi connectivity index (χ0v) is 16.6. The molecule has 1 aromatic carbocycles. The molecule has 146 valence electrons. The Bertz CT molecular complexity index is 905. The number of rotatable bonds is 1. The number of aliphatic imine (C=N–C) groups is 1. The summed E-state index contributed by atoms with van der Waals surface area (Å²) in [5, 5.41) is 7.23. The summed E-state index contributed by atoms with van der Waals surface area (Å²) in [6.45, 7) is 7.48. The molecule has 28 heavy (non-hydrogen) atoms. The highest BCUT2D eigenvalue weighted by molar-refractivity contribution is 6.10. The predicted octanol–water partition coefficient (Wildman–Crippen LogP) is 3.19. The quantitative estimate of drug-likeness (QED) is 0.796. The number of para-hydroxylation sites is 2. The Hall–Kier alpha value is -2.96. The second-order valence-electron chi connectivity index (χ2n) is 8.43. The molecule has 2 N–H and O–H groups in total. The van der Waals surface area contributed by atoms with Gasteiger partial charge in [-0.1, -0.05) is 12.1 Å². The van der Waals surface area contributed by atoms with Gasteiger partial charge in [-0.05, 0) is 45.7 Å². The van der Waals surface area contributed by atoms with Crippen molar-refractivity contribution < 1.29 is 4.79 Å². The van der Waals surface area contributed by atoms with E-state index in [-0.39, 0.29) is 11.4 Å². The van der Waals surface area contributed by atoms with E-state index in [1.54, 1.807) is 12.4 Å². The van der Waals surface area contributed by atoms with Crippen molar-refractivity contribution in [3.8, 4) is 0 Å². The van der Waals surface area contributed by atoms with Crippen LogP contribution in [0, 0.1) is 0 Å². The van der Waals surface area contributed by atoms with E-state index in [9.17, 15) is 4.79 Å². The third-order valence-corrected chi connectivity index (χ3v) is 5.02. The molecule has 0 bridgehead atoms. The number of hydrogen-bond acceptors (Lipinski definition) is 5. The molecule has 1 aromatic heterocycles. The minimum atomic E-state index is -0.447. The van der Waals surface area contributed by atoms with Crippen molar-refractivity contribution >= 4 is 23.1 Å². The summed E-state index contributed by atoms with van der Waals surface area (Å²) in [6, 6.07) is 8.11. The van der Waals surface area contributed by atoms with Gasteiger partial charge in [-0.15, -0.1) is 0 Å². The van der Waals surface area contributed by atoms with Crippen molar-refractivity contribution in [3.05, 3.63) is 48.5 Å². The molecular weight excluding hydrogens is 352 g/mol. The summed E-state index contributed by atoms with van der Waals surface area (Å²) in [5.41, 5.74) is 1.73. The SMILES string of the molecule is CC(C)(C)N=C1Nc2ccccc2N[C@@]12CCCN(C(=O)c1cnccn1)C2. The second-order valence-corrected chi connectivity index (χ2v) is 8.43. The molecule has 0 radical (unpaired) electrons. The largest absolute Gasteiger partial charge is 0.370 e. The van der Waals surface area contributed by atoms with Crippen LogP contribution in [0.3, 0.4) is 0 Å². The first-order chi connectivity index (χ1) is 13.4. The number of amides is 1. The van der Waals surface area contributed by atoms with E-state index in [1.807, 2.05) is 23.1 Å². The zero-order valence-electron chi connectivity index (χ0n) is 16.6. The van der Waals surface area contributed by atoms with Gasteiger partial charge in [-0.3, -0.25) is 14.8 Å². The molecule has 4 rings (SSSR count). The zero-order chi connectivity index (χ0) is 19.8. The van der Waals surface area contributed by atoms with Crippen LogP contribution >= 0.6 is 0 Å². The highest BCUT2D eigenvalue weighted by Gasteiger charge is 2.45. The van der Waals surface area contributed by atoms with Gasteiger partial charge in [0, 0.05) is 18.9 Å². The number of piperidine rings is 1. The summed E-state index contributed by atoms with van der Waals surface area (Å²) >= 11 is 0. The molecule has 0 saturated carbocycles. The second kappa shape index (κ2) is 6.89. The van der Waals surface area contributed by atoms with Crippen LogP contribution in [0.4, 0.5) is 11.4 Å². The van der Waals surface area contributed by atoms with Gasteiger partial charge in [-0.2, -0.15) is 0 Å². The molecule has 3 heterocycles. The number of anilines is 2. The fourth-order valence-corrected chi connectivity index (χ4v) is 3.83. The maximum Gasteiger partial charge on any atom is 0.274 e. The van der Waals surface area contributed by atoms with Crippen LogP contribution in [-0.2, 0) is 0 Å². The van der Waals surface area contributed by atoms with Crippen molar-refractivity contribution in [1.82, 2.24) is 14.9 Å². The number of nitrogens with one attached hydrogen (secondary N) is 2. The number of carbonyl (C=O) groups is 1. The maximum atomic E-state index is 13.0. The van der Waals surface area contributed by atoms with Crippen molar-refractivity contribution in [2.45, 2.75) is 44.7 Å². The van der Waals surface area contributed by atoms with Crippen LogP contribution in [-0.4, -0.2) is 50.8 Å². The monoisotopic (exact) mass is 378 g/mol. The predicted molar refractivity (Wildman–Crippen MR) is 111 cm³/mol. The molecule has 1 fully saturated rings. The standard InChI is InChI=1S/C21H26N6O/c1-20(2,3)26-19-21(25-16-8-5-4-7-15(16)24-19)9-6-12-27(14-21)18(28)17-13-22-10-11-23-17/h4-5,7-8,10-11,13,25H,6,9,12,14H2,1-3H3,(H,24,26)/t21-/m1/s1. The highest BCUT2D eigenvalue weighted by Crippen LogP contribution is 2.37. The summed E-state index contributed by atoms with van der Waals surface area (Å²) in [5.74, 6) is 0.790. The first kappa shape index (κ1) is 18.4. The van der Waals surface area contributed by atoms with Gasteiger partial charge in [-0.25, -0.2) is 4.98 Å². The van der Waals surface area contributed by atoms with E-state index in [2.05, 4.69) is 47.4 Å². The van der Waals surface area contributed by atoms with E-state index in [4.69, 9.17) is 4.99 Å². The van der Waals surface area contributed by atoms with E-state index in [1.165, 1.54) is 6.20 Å².